The molecule has 0 saturated heterocycles. The Kier molecular flexibility index (Phi) is 3.19. The standard InChI is InChI=1S/C13H14ClN3O/c14-10-4-5-11(15-8-10)9-18-13-7-12-3-1-2-6-17(12)16-13/h4-5,7-8H,1-3,6,9H2. The minimum Gasteiger partial charge on any atom is -0.470 e. The molecule has 0 unspecified atom stereocenters. The number of ether oxygens (including phenoxy) is 1. The molecule has 0 atom stereocenters. The topological polar surface area (TPSA) is 39.9 Å². The fourth-order valence-electron chi connectivity index (χ4n) is 2.10. The van der Waals surface area contributed by atoms with Gasteiger partial charge in [0.15, 0.2) is 0 Å². The summed E-state index contributed by atoms with van der Waals surface area (Å²) >= 11 is 5.78. The van der Waals surface area contributed by atoms with Crippen molar-refractivity contribution in [3.63, 3.8) is 0 Å². The zero-order valence-electron chi connectivity index (χ0n) is 9.97. The molecule has 0 N–H and O–H groups in total. The Balaban J connectivity index is 1.66. The van der Waals surface area contributed by atoms with Crippen molar-refractivity contribution >= 4 is 11.6 Å². The van der Waals surface area contributed by atoms with Crippen LogP contribution in [-0.4, -0.2) is 14.8 Å². The first kappa shape index (κ1) is 11.5. The van der Waals surface area contributed by atoms with Gasteiger partial charge in [-0.25, -0.2) is 0 Å². The second-order valence-corrected chi connectivity index (χ2v) is 4.85. The third kappa shape index (κ3) is 2.48. The summed E-state index contributed by atoms with van der Waals surface area (Å²) in [4.78, 5) is 4.18. The van der Waals surface area contributed by atoms with E-state index >= 15 is 0 Å². The molecular formula is C13H14ClN3O. The van der Waals surface area contributed by atoms with Gasteiger partial charge in [0.05, 0.1) is 10.7 Å². The van der Waals surface area contributed by atoms with Crippen LogP contribution in [0.3, 0.4) is 0 Å². The van der Waals surface area contributed by atoms with Crippen LogP contribution in [-0.2, 0) is 19.6 Å². The highest BCUT2D eigenvalue weighted by molar-refractivity contribution is 6.30. The summed E-state index contributed by atoms with van der Waals surface area (Å²) in [6.07, 6.45) is 5.16. The third-order valence-corrected chi connectivity index (χ3v) is 3.27. The molecule has 0 amide bonds. The van der Waals surface area contributed by atoms with Crippen molar-refractivity contribution in [2.24, 2.45) is 0 Å². The van der Waals surface area contributed by atoms with Crippen LogP contribution in [0.15, 0.2) is 24.4 Å². The van der Waals surface area contributed by atoms with Gasteiger partial charge in [-0.15, -0.1) is 5.10 Å². The molecular weight excluding hydrogens is 250 g/mol. The third-order valence-electron chi connectivity index (χ3n) is 3.05. The Labute approximate surface area is 111 Å². The van der Waals surface area contributed by atoms with Crippen LogP contribution in [0.1, 0.15) is 24.2 Å². The molecule has 2 aromatic heterocycles. The molecule has 3 heterocycles. The summed E-state index contributed by atoms with van der Waals surface area (Å²) < 4.78 is 7.68. The van der Waals surface area contributed by atoms with Crippen molar-refractivity contribution in [1.82, 2.24) is 14.8 Å². The zero-order chi connectivity index (χ0) is 12.4. The Morgan fingerprint density at radius 2 is 2.28 bits per heavy atom. The molecule has 0 aromatic carbocycles. The van der Waals surface area contributed by atoms with E-state index in [1.165, 1.54) is 18.5 Å². The van der Waals surface area contributed by atoms with Crippen LogP contribution in [0.4, 0.5) is 0 Å². The Bertz CT molecular complexity index is 512. The molecule has 0 saturated carbocycles. The van der Waals surface area contributed by atoms with Crippen molar-refractivity contribution in [2.75, 3.05) is 0 Å². The molecule has 5 heteroatoms. The number of aryl methyl sites for hydroxylation is 2. The number of fused-ring (bicyclic) bond motifs is 1. The monoisotopic (exact) mass is 263 g/mol. The van der Waals surface area contributed by atoms with Crippen molar-refractivity contribution < 1.29 is 4.74 Å². The van der Waals surface area contributed by atoms with Crippen molar-refractivity contribution in [2.45, 2.75) is 32.4 Å². The van der Waals surface area contributed by atoms with Crippen LogP contribution >= 0.6 is 11.6 Å². The van der Waals surface area contributed by atoms with Crippen molar-refractivity contribution in [3.8, 4) is 5.88 Å². The van der Waals surface area contributed by atoms with Crippen LogP contribution in [0.5, 0.6) is 5.88 Å². The lowest BCUT2D eigenvalue weighted by atomic mass is 10.1. The summed E-state index contributed by atoms with van der Waals surface area (Å²) in [7, 11) is 0. The molecule has 4 nitrogen and oxygen atoms in total. The lowest BCUT2D eigenvalue weighted by Gasteiger charge is -2.11. The van der Waals surface area contributed by atoms with E-state index in [2.05, 4.69) is 10.1 Å². The minimum atomic E-state index is 0.424. The van der Waals surface area contributed by atoms with Gasteiger partial charge in [-0.1, -0.05) is 11.6 Å². The smallest absolute Gasteiger partial charge is 0.233 e. The molecule has 94 valence electrons. The van der Waals surface area contributed by atoms with Crippen molar-refractivity contribution in [3.05, 3.63) is 40.8 Å². The predicted octanol–water partition coefficient (Wildman–Crippen LogP) is 2.85. The van der Waals surface area contributed by atoms with E-state index in [-0.39, 0.29) is 0 Å². The fraction of sp³-hybridized carbons (Fsp3) is 0.385. The highest BCUT2D eigenvalue weighted by Crippen LogP contribution is 2.20. The first-order valence-electron chi connectivity index (χ1n) is 6.11. The van der Waals surface area contributed by atoms with Gasteiger partial charge in [0.2, 0.25) is 5.88 Å². The number of halogens is 1. The normalized spacial score (nSPS) is 14.3. The van der Waals surface area contributed by atoms with E-state index in [4.69, 9.17) is 16.3 Å². The van der Waals surface area contributed by atoms with E-state index in [1.54, 1.807) is 6.20 Å². The van der Waals surface area contributed by atoms with Crippen LogP contribution in [0.2, 0.25) is 5.02 Å². The highest BCUT2D eigenvalue weighted by Gasteiger charge is 2.12. The first-order chi connectivity index (χ1) is 8.81. The maximum atomic E-state index is 5.78. The van der Waals surface area contributed by atoms with Crippen LogP contribution in [0.25, 0.3) is 0 Å². The lowest BCUT2D eigenvalue weighted by Crippen LogP contribution is -2.10. The quantitative estimate of drug-likeness (QED) is 0.855. The maximum Gasteiger partial charge on any atom is 0.233 e. The number of hydrogen-bond acceptors (Lipinski definition) is 3. The number of nitrogens with zero attached hydrogens (tertiary/aromatic N) is 3. The summed E-state index contributed by atoms with van der Waals surface area (Å²) in [5.41, 5.74) is 2.12. The molecule has 0 bridgehead atoms. The molecule has 0 aliphatic carbocycles. The summed E-state index contributed by atoms with van der Waals surface area (Å²) in [6, 6.07) is 5.69. The van der Waals surface area contributed by atoms with Gasteiger partial charge in [-0.2, -0.15) is 0 Å². The Morgan fingerprint density at radius 3 is 3.06 bits per heavy atom. The predicted molar refractivity (Wildman–Crippen MR) is 68.7 cm³/mol. The molecule has 0 radical (unpaired) electrons. The van der Waals surface area contributed by atoms with Crippen LogP contribution < -0.4 is 4.74 Å². The molecule has 1 aliphatic heterocycles. The van der Waals surface area contributed by atoms with E-state index in [0.717, 1.165) is 18.7 Å². The SMILES string of the molecule is Clc1ccc(COc2cc3n(n2)CCCC3)nc1. The van der Waals surface area contributed by atoms with Gasteiger partial charge < -0.3 is 4.74 Å². The van der Waals surface area contributed by atoms with E-state index in [1.807, 2.05) is 22.9 Å². The zero-order valence-corrected chi connectivity index (χ0v) is 10.7. The van der Waals surface area contributed by atoms with Gasteiger partial charge in [-0.3, -0.25) is 9.67 Å². The molecule has 1 aliphatic rings. The van der Waals surface area contributed by atoms with Gasteiger partial charge in [0.25, 0.3) is 0 Å². The lowest BCUT2D eigenvalue weighted by molar-refractivity contribution is 0.284. The van der Waals surface area contributed by atoms with E-state index in [0.29, 0.717) is 17.5 Å². The second-order valence-electron chi connectivity index (χ2n) is 4.41. The average Bonchev–Trinajstić information content (AvgIpc) is 2.81. The van der Waals surface area contributed by atoms with E-state index < -0.39 is 0 Å². The molecule has 0 spiro atoms. The van der Waals surface area contributed by atoms with Gasteiger partial charge in [0, 0.05) is 24.5 Å². The number of hydrogen-bond donors (Lipinski definition) is 0. The summed E-state index contributed by atoms with van der Waals surface area (Å²) in [5.74, 6) is 0.684. The van der Waals surface area contributed by atoms with Crippen LogP contribution in [0, 0.1) is 0 Å². The maximum absolute atomic E-state index is 5.78. The summed E-state index contributed by atoms with van der Waals surface area (Å²) in [5, 5.41) is 5.06. The molecule has 18 heavy (non-hydrogen) atoms. The Morgan fingerprint density at radius 1 is 1.33 bits per heavy atom. The number of pyridine rings is 1. The van der Waals surface area contributed by atoms with E-state index in [9.17, 15) is 0 Å². The van der Waals surface area contributed by atoms with Gasteiger partial charge >= 0.3 is 0 Å². The molecule has 3 rings (SSSR count). The largest absolute Gasteiger partial charge is 0.470 e. The number of rotatable bonds is 3. The second kappa shape index (κ2) is 4.98. The fourth-order valence-corrected chi connectivity index (χ4v) is 2.21. The minimum absolute atomic E-state index is 0.424. The van der Waals surface area contributed by atoms with Gasteiger partial charge in [0.1, 0.15) is 6.61 Å². The number of aromatic nitrogens is 3. The molecule has 2 aromatic rings. The Hall–Kier alpha value is -1.55. The average molecular weight is 264 g/mol. The molecule has 0 fully saturated rings. The highest BCUT2D eigenvalue weighted by atomic mass is 35.5. The van der Waals surface area contributed by atoms with Crippen molar-refractivity contribution in [1.29, 1.82) is 0 Å². The summed E-state index contributed by atoms with van der Waals surface area (Å²) in [6.45, 7) is 1.42. The van der Waals surface area contributed by atoms with Gasteiger partial charge in [-0.05, 0) is 31.4 Å². The first-order valence-corrected chi connectivity index (χ1v) is 6.49.